The van der Waals surface area contributed by atoms with E-state index in [1.165, 1.54) is 5.56 Å². The number of nitrogens with zero attached hydrogens (tertiary/aromatic N) is 2. The number of piperazine rings is 1. The monoisotopic (exact) mass is 374 g/mol. The third-order valence-electron chi connectivity index (χ3n) is 4.90. The van der Waals surface area contributed by atoms with Crippen LogP contribution in [0.4, 0.5) is 0 Å². The molecule has 2 aliphatic rings. The first-order valence-corrected chi connectivity index (χ1v) is 8.92. The Bertz CT molecular complexity index is 868. The molecule has 1 saturated heterocycles. The van der Waals surface area contributed by atoms with E-state index in [9.17, 15) is 9.59 Å². The lowest BCUT2D eigenvalue weighted by Crippen LogP contribution is -2.55. The van der Waals surface area contributed by atoms with Crippen molar-refractivity contribution < 1.29 is 9.59 Å². The molecule has 128 valence electrons. The highest BCUT2D eigenvalue weighted by Crippen LogP contribution is 2.34. The van der Waals surface area contributed by atoms with E-state index in [1.807, 2.05) is 23.1 Å². The summed E-state index contributed by atoms with van der Waals surface area (Å²) in [7, 11) is 0. The van der Waals surface area contributed by atoms with Crippen molar-refractivity contribution in [2.24, 2.45) is 0 Å². The van der Waals surface area contributed by atoms with Crippen LogP contribution in [-0.2, 0) is 11.2 Å². The summed E-state index contributed by atoms with van der Waals surface area (Å²) in [5.41, 5.74) is 2.74. The molecule has 1 fully saturated rings. The molecule has 2 heterocycles. The standard InChI is InChI=1S/C19H16Cl2N2O2/c20-13-5-6-15(16(21)9-13)19(25)22-10-17-14-4-2-1-3-12(14)7-8-23(17)18(24)11-22/h1-6,9,17H,7-8,10-11H2. The van der Waals surface area contributed by atoms with Gasteiger partial charge in [0.25, 0.3) is 5.91 Å². The average Bonchev–Trinajstić information content (AvgIpc) is 2.61. The van der Waals surface area contributed by atoms with Crippen molar-refractivity contribution in [1.29, 1.82) is 0 Å². The maximum atomic E-state index is 12.9. The average molecular weight is 375 g/mol. The summed E-state index contributed by atoms with van der Waals surface area (Å²) in [4.78, 5) is 29.0. The van der Waals surface area contributed by atoms with E-state index in [0.717, 1.165) is 12.0 Å². The van der Waals surface area contributed by atoms with E-state index in [4.69, 9.17) is 23.2 Å². The van der Waals surface area contributed by atoms with Crippen LogP contribution in [0.1, 0.15) is 27.5 Å². The van der Waals surface area contributed by atoms with Gasteiger partial charge in [-0.05, 0) is 35.7 Å². The number of amides is 2. The van der Waals surface area contributed by atoms with Crippen LogP contribution >= 0.6 is 23.2 Å². The minimum atomic E-state index is -0.238. The predicted octanol–water partition coefficient (Wildman–Crippen LogP) is 3.58. The Morgan fingerprint density at radius 2 is 1.92 bits per heavy atom. The first-order valence-electron chi connectivity index (χ1n) is 8.16. The van der Waals surface area contributed by atoms with Crippen molar-refractivity contribution in [2.75, 3.05) is 19.6 Å². The molecule has 0 spiro atoms. The van der Waals surface area contributed by atoms with Gasteiger partial charge in [-0.25, -0.2) is 0 Å². The van der Waals surface area contributed by atoms with E-state index >= 15 is 0 Å². The number of carbonyl (C=O) groups is 2. The van der Waals surface area contributed by atoms with E-state index in [-0.39, 0.29) is 24.4 Å². The largest absolute Gasteiger partial charge is 0.332 e. The highest BCUT2D eigenvalue weighted by atomic mass is 35.5. The van der Waals surface area contributed by atoms with E-state index in [0.29, 0.717) is 28.7 Å². The molecule has 0 aliphatic carbocycles. The number of halogens is 2. The van der Waals surface area contributed by atoms with Crippen molar-refractivity contribution in [3.05, 3.63) is 69.2 Å². The zero-order valence-corrected chi connectivity index (χ0v) is 14.9. The van der Waals surface area contributed by atoms with Gasteiger partial charge in [0.1, 0.15) is 6.54 Å². The fourth-order valence-electron chi connectivity index (χ4n) is 3.66. The predicted molar refractivity (Wildman–Crippen MR) is 97.0 cm³/mol. The van der Waals surface area contributed by atoms with Crippen LogP contribution in [-0.4, -0.2) is 41.2 Å². The molecular weight excluding hydrogens is 359 g/mol. The van der Waals surface area contributed by atoms with Gasteiger partial charge in [-0.1, -0.05) is 47.5 Å². The van der Waals surface area contributed by atoms with Crippen molar-refractivity contribution >= 4 is 35.0 Å². The Kier molecular flexibility index (Phi) is 4.18. The molecule has 0 bridgehead atoms. The van der Waals surface area contributed by atoms with Crippen LogP contribution < -0.4 is 0 Å². The summed E-state index contributed by atoms with van der Waals surface area (Å²) >= 11 is 12.1. The SMILES string of the molecule is O=C(c1ccc(Cl)cc1Cl)N1CC(=O)N2CCc3ccccc3C2C1. The second-order valence-electron chi connectivity index (χ2n) is 6.36. The highest BCUT2D eigenvalue weighted by Gasteiger charge is 2.38. The summed E-state index contributed by atoms with van der Waals surface area (Å²) in [6.45, 7) is 1.25. The second-order valence-corrected chi connectivity index (χ2v) is 7.21. The summed E-state index contributed by atoms with van der Waals surface area (Å²) < 4.78 is 0. The highest BCUT2D eigenvalue weighted by molar-refractivity contribution is 6.36. The fourth-order valence-corrected chi connectivity index (χ4v) is 4.15. The van der Waals surface area contributed by atoms with Crippen LogP contribution in [0, 0.1) is 0 Å². The molecule has 2 amide bonds. The maximum absolute atomic E-state index is 12.9. The lowest BCUT2D eigenvalue weighted by atomic mass is 9.90. The Hall–Kier alpha value is -2.04. The van der Waals surface area contributed by atoms with Crippen LogP contribution in [0.25, 0.3) is 0 Å². The number of fused-ring (bicyclic) bond motifs is 3. The zero-order valence-electron chi connectivity index (χ0n) is 13.4. The molecule has 2 aliphatic heterocycles. The molecule has 0 N–H and O–H groups in total. The quantitative estimate of drug-likeness (QED) is 0.765. The van der Waals surface area contributed by atoms with Crippen LogP contribution in [0.15, 0.2) is 42.5 Å². The Morgan fingerprint density at radius 3 is 2.72 bits per heavy atom. The third-order valence-corrected chi connectivity index (χ3v) is 5.45. The lowest BCUT2D eigenvalue weighted by Gasteiger charge is -2.44. The molecule has 1 atom stereocenters. The van der Waals surface area contributed by atoms with Crippen molar-refractivity contribution in [3.63, 3.8) is 0 Å². The first-order chi connectivity index (χ1) is 12.0. The molecule has 2 aromatic rings. The van der Waals surface area contributed by atoms with Gasteiger partial charge in [0, 0.05) is 18.1 Å². The second kappa shape index (κ2) is 6.36. The van der Waals surface area contributed by atoms with Crippen LogP contribution in [0.3, 0.4) is 0 Å². The van der Waals surface area contributed by atoms with E-state index < -0.39 is 0 Å². The molecule has 2 aromatic carbocycles. The molecule has 0 radical (unpaired) electrons. The number of rotatable bonds is 1. The topological polar surface area (TPSA) is 40.6 Å². The zero-order chi connectivity index (χ0) is 17.6. The Balaban J connectivity index is 1.65. The molecular formula is C19H16Cl2N2O2. The van der Waals surface area contributed by atoms with Gasteiger partial charge in [-0.15, -0.1) is 0 Å². The van der Waals surface area contributed by atoms with Crippen molar-refractivity contribution in [3.8, 4) is 0 Å². The fraction of sp³-hybridized carbons (Fsp3) is 0.263. The molecule has 25 heavy (non-hydrogen) atoms. The normalized spacial score (nSPS) is 19.4. The molecule has 1 unspecified atom stereocenters. The van der Waals surface area contributed by atoms with Crippen LogP contribution in [0.2, 0.25) is 10.0 Å². The van der Waals surface area contributed by atoms with Crippen molar-refractivity contribution in [1.82, 2.24) is 9.80 Å². The first kappa shape index (κ1) is 16.4. The Labute approximate surface area is 155 Å². The third kappa shape index (κ3) is 2.90. The molecule has 4 nitrogen and oxygen atoms in total. The van der Waals surface area contributed by atoms with Crippen molar-refractivity contribution in [2.45, 2.75) is 12.5 Å². The van der Waals surface area contributed by atoms with Gasteiger partial charge >= 0.3 is 0 Å². The molecule has 0 aromatic heterocycles. The minimum absolute atomic E-state index is 0.0239. The number of hydrogen-bond donors (Lipinski definition) is 0. The molecule has 6 heteroatoms. The van der Waals surface area contributed by atoms with Gasteiger partial charge < -0.3 is 9.80 Å². The van der Waals surface area contributed by atoms with Gasteiger partial charge in [-0.2, -0.15) is 0 Å². The summed E-state index contributed by atoms with van der Waals surface area (Å²) in [6.07, 6.45) is 0.857. The van der Waals surface area contributed by atoms with Gasteiger partial charge in [0.05, 0.1) is 16.6 Å². The van der Waals surface area contributed by atoms with Gasteiger partial charge in [0.2, 0.25) is 5.91 Å². The molecule has 0 saturated carbocycles. The number of benzene rings is 2. The van der Waals surface area contributed by atoms with E-state index in [2.05, 4.69) is 6.07 Å². The number of hydrogen-bond acceptors (Lipinski definition) is 2. The number of carbonyl (C=O) groups excluding carboxylic acids is 2. The van der Waals surface area contributed by atoms with Gasteiger partial charge in [-0.3, -0.25) is 9.59 Å². The maximum Gasteiger partial charge on any atom is 0.255 e. The summed E-state index contributed by atoms with van der Waals surface area (Å²) in [5, 5.41) is 0.778. The van der Waals surface area contributed by atoms with E-state index in [1.54, 1.807) is 23.1 Å². The van der Waals surface area contributed by atoms with Gasteiger partial charge in [0.15, 0.2) is 0 Å². The summed E-state index contributed by atoms with van der Waals surface area (Å²) in [5.74, 6) is -0.262. The summed E-state index contributed by atoms with van der Waals surface area (Å²) in [6, 6.07) is 12.8. The Morgan fingerprint density at radius 1 is 1.12 bits per heavy atom. The minimum Gasteiger partial charge on any atom is -0.332 e. The smallest absolute Gasteiger partial charge is 0.255 e. The lowest BCUT2D eigenvalue weighted by molar-refractivity contribution is -0.139. The molecule has 4 rings (SSSR count). The van der Waals surface area contributed by atoms with Crippen LogP contribution in [0.5, 0.6) is 0 Å².